The molecule has 2 N–H and O–H groups in total. The Morgan fingerprint density at radius 2 is 2.10 bits per heavy atom. The van der Waals surface area contributed by atoms with E-state index in [2.05, 4.69) is 57.3 Å². The lowest BCUT2D eigenvalue weighted by molar-refractivity contribution is 0.0278. The zero-order valence-electron chi connectivity index (χ0n) is 12.3. The van der Waals surface area contributed by atoms with E-state index in [-0.39, 0.29) is 6.10 Å². The molecule has 0 bridgehead atoms. The van der Waals surface area contributed by atoms with E-state index in [9.17, 15) is 5.11 Å². The van der Waals surface area contributed by atoms with Gasteiger partial charge in [0.25, 0.3) is 0 Å². The van der Waals surface area contributed by atoms with Crippen LogP contribution in [0.5, 0.6) is 0 Å². The third kappa shape index (κ3) is 4.29. The van der Waals surface area contributed by atoms with Gasteiger partial charge in [-0.05, 0) is 50.0 Å². The Kier molecular flexibility index (Phi) is 6.02. The highest BCUT2D eigenvalue weighted by molar-refractivity contribution is 9.10. The third-order valence-corrected chi connectivity index (χ3v) is 4.89. The van der Waals surface area contributed by atoms with Gasteiger partial charge in [0.05, 0.1) is 6.10 Å². The Labute approximate surface area is 130 Å². The van der Waals surface area contributed by atoms with Crippen LogP contribution in [-0.2, 0) is 0 Å². The lowest BCUT2D eigenvalue weighted by atomic mass is 9.95. The van der Waals surface area contributed by atoms with Crippen LogP contribution in [-0.4, -0.2) is 42.8 Å². The molecule has 1 aromatic carbocycles. The molecule has 0 saturated carbocycles. The van der Waals surface area contributed by atoms with Crippen molar-refractivity contribution in [2.45, 2.75) is 31.9 Å². The number of halogens is 1. The van der Waals surface area contributed by atoms with Gasteiger partial charge in [-0.1, -0.05) is 35.0 Å². The Balaban J connectivity index is 1.86. The topological polar surface area (TPSA) is 35.5 Å². The highest BCUT2D eigenvalue weighted by Gasteiger charge is 2.24. The predicted octanol–water partition coefficient (Wildman–Crippen LogP) is 2.80. The minimum atomic E-state index is -0.163. The van der Waals surface area contributed by atoms with Gasteiger partial charge < -0.3 is 15.3 Å². The van der Waals surface area contributed by atoms with Gasteiger partial charge >= 0.3 is 0 Å². The Hall–Kier alpha value is -0.420. The smallest absolute Gasteiger partial charge is 0.0693 e. The molecule has 3 nitrogen and oxygen atoms in total. The van der Waals surface area contributed by atoms with Crippen molar-refractivity contribution in [1.29, 1.82) is 0 Å². The second-order valence-corrected chi connectivity index (χ2v) is 6.73. The van der Waals surface area contributed by atoms with Gasteiger partial charge in [-0.3, -0.25) is 0 Å². The molecule has 2 rings (SSSR count). The molecular weight excluding hydrogens is 316 g/mol. The monoisotopic (exact) mass is 340 g/mol. The summed E-state index contributed by atoms with van der Waals surface area (Å²) in [6, 6.07) is 8.88. The van der Waals surface area contributed by atoms with Crippen LogP contribution >= 0.6 is 15.9 Å². The fourth-order valence-corrected chi connectivity index (χ4v) is 3.07. The zero-order valence-corrected chi connectivity index (χ0v) is 13.9. The number of nitrogens with zero attached hydrogens (tertiary/aromatic N) is 1. The number of benzene rings is 1. The van der Waals surface area contributed by atoms with Crippen LogP contribution in [0.1, 0.15) is 31.4 Å². The van der Waals surface area contributed by atoms with Crippen molar-refractivity contribution in [3.8, 4) is 0 Å². The Morgan fingerprint density at radius 3 is 2.70 bits per heavy atom. The van der Waals surface area contributed by atoms with E-state index < -0.39 is 0 Å². The van der Waals surface area contributed by atoms with Crippen LogP contribution in [0.15, 0.2) is 28.7 Å². The van der Waals surface area contributed by atoms with E-state index in [0.29, 0.717) is 12.0 Å². The molecule has 1 aromatic rings. The van der Waals surface area contributed by atoms with E-state index in [0.717, 1.165) is 36.9 Å². The summed E-state index contributed by atoms with van der Waals surface area (Å²) in [4.78, 5) is 2.38. The third-order valence-electron chi connectivity index (χ3n) is 4.36. The maximum atomic E-state index is 9.96. The van der Waals surface area contributed by atoms with Crippen LogP contribution < -0.4 is 5.32 Å². The summed E-state index contributed by atoms with van der Waals surface area (Å²) in [5, 5.41) is 13.3. The lowest BCUT2D eigenvalue weighted by Gasteiger charge is -2.35. The SMILES string of the molecule is CNC(CCN1CCC(C)C(O)C1)c1ccc(Br)cc1. The summed E-state index contributed by atoms with van der Waals surface area (Å²) >= 11 is 3.47. The maximum Gasteiger partial charge on any atom is 0.0693 e. The molecule has 20 heavy (non-hydrogen) atoms. The van der Waals surface area contributed by atoms with Gasteiger partial charge in [-0.2, -0.15) is 0 Å². The van der Waals surface area contributed by atoms with Gasteiger partial charge in [-0.25, -0.2) is 0 Å². The zero-order chi connectivity index (χ0) is 14.5. The number of hydrogen-bond donors (Lipinski definition) is 2. The van der Waals surface area contributed by atoms with Crippen LogP contribution in [0.25, 0.3) is 0 Å². The Morgan fingerprint density at radius 1 is 1.40 bits per heavy atom. The predicted molar refractivity (Wildman–Crippen MR) is 86.8 cm³/mol. The van der Waals surface area contributed by atoms with Crippen molar-refractivity contribution >= 4 is 15.9 Å². The quantitative estimate of drug-likeness (QED) is 0.865. The molecule has 4 heteroatoms. The van der Waals surface area contributed by atoms with Crippen molar-refractivity contribution in [1.82, 2.24) is 10.2 Å². The normalized spacial score (nSPS) is 25.6. The molecule has 1 saturated heterocycles. The van der Waals surface area contributed by atoms with Crippen molar-refractivity contribution in [2.75, 3.05) is 26.7 Å². The first-order valence-corrected chi connectivity index (χ1v) is 8.22. The maximum absolute atomic E-state index is 9.96. The van der Waals surface area contributed by atoms with E-state index >= 15 is 0 Å². The lowest BCUT2D eigenvalue weighted by Crippen LogP contribution is -2.43. The van der Waals surface area contributed by atoms with E-state index in [1.807, 2.05) is 7.05 Å². The molecular formula is C16H25BrN2O. The molecule has 0 aliphatic carbocycles. The first-order valence-electron chi connectivity index (χ1n) is 7.43. The molecule has 1 aliphatic rings. The average Bonchev–Trinajstić information content (AvgIpc) is 2.45. The number of aliphatic hydroxyl groups excluding tert-OH is 1. The summed E-state index contributed by atoms with van der Waals surface area (Å²) in [6.07, 6.45) is 2.01. The van der Waals surface area contributed by atoms with Crippen molar-refractivity contribution in [2.24, 2.45) is 5.92 Å². The van der Waals surface area contributed by atoms with Gasteiger partial charge in [0, 0.05) is 23.6 Å². The number of aliphatic hydroxyl groups is 1. The molecule has 3 atom stereocenters. The number of rotatable bonds is 5. The van der Waals surface area contributed by atoms with E-state index in [4.69, 9.17) is 0 Å². The fraction of sp³-hybridized carbons (Fsp3) is 0.625. The Bertz CT molecular complexity index is 409. The minimum absolute atomic E-state index is 0.163. The first-order chi connectivity index (χ1) is 9.60. The van der Waals surface area contributed by atoms with Gasteiger partial charge in [0.1, 0.15) is 0 Å². The number of β-amino-alcohol motifs (C(OH)–C–C–N with tert-alkyl or cyclic N) is 1. The number of nitrogens with one attached hydrogen (secondary N) is 1. The van der Waals surface area contributed by atoms with Crippen molar-refractivity contribution < 1.29 is 5.11 Å². The fourth-order valence-electron chi connectivity index (χ4n) is 2.80. The second kappa shape index (κ2) is 7.55. The number of piperidine rings is 1. The standard InChI is InChI=1S/C16H25BrN2O/c1-12-7-9-19(11-16(12)20)10-8-15(18-2)13-3-5-14(17)6-4-13/h3-6,12,15-16,18,20H,7-11H2,1-2H3. The summed E-state index contributed by atoms with van der Waals surface area (Å²) in [7, 11) is 2.01. The highest BCUT2D eigenvalue weighted by atomic mass is 79.9. The number of likely N-dealkylation sites (tertiary alicyclic amines) is 1. The van der Waals surface area contributed by atoms with E-state index in [1.54, 1.807) is 0 Å². The molecule has 0 aromatic heterocycles. The number of hydrogen-bond acceptors (Lipinski definition) is 3. The van der Waals surface area contributed by atoms with Crippen LogP contribution in [0.4, 0.5) is 0 Å². The van der Waals surface area contributed by atoms with Crippen LogP contribution in [0.2, 0.25) is 0 Å². The van der Waals surface area contributed by atoms with Gasteiger partial charge in [-0.15, -0.1) is 0 Å². The first kappa shape index (κ1) is 16.0. The molecule has 1 fully saturated rings. The second-order valence-electron chi connectivity index (χ2n) is 5.82. The molecule has 0 spiro atoms. The van der Waals surface area contributed by atoms with Gasteiger partial charge in [0.15, 0.2) is 0 Å². The summed E-state index contributed by atoms with van der Waals surface area (Å²) in [6.45, 7) is 5.10. The van der Waals surface area contributed by atoms with Crippen molar-refractivity contribution in [3.05, 3.63) is 34.3 Å². The van der Waals surface area contributed by atoms with Gasteiger partial charge in [0.2, 0.25) is 0 Å². The molecule has 3 unspecified atom stereocenters. The van der Waals surface area contributed by atoms with Crippen molar-refractivity contribution in [3.63, 3.8) is 0 Å². The average molecular weight is 341 g/mol. The van der Waals surface area contributed by atoms with Crippen LogP contribution in [0, 0.1) is 5.92 Å². The molecule has 0 amide bonds. The molecule has 1 aliphatic heterocycles. The highest BCUT2D eigenvalue weighted by Crippen LogP contribution is 2.22. The molecule has 1 heterocycles. The molecule has 112 valence electrons. The van der Waals surface area contributed by atoms with E-state index in [1.165, 1.54) is 5.56 Å². The minimum Gasteiger partial charge on any atom is -0.392 e. The molecule has 0 radical (unpaired) electrons. The summed E-state index contributed by atoms with van der Waals surface area (Å²) in [5.41, 5.74) is 1.32. The summed E-state index contributed by atoms with van der Waals surface area (Å²) < 4.78 is 1.12. The largest absolute Gasteiger partial charge is 0.392 e. The summed E-state index contributed by atoms with van der Waals surface area (Å²) in [5.74, 6) is 0.442. The van der Waals surface area contributed by atoms with Crippen LogP contribution in [0.3, 0.4) is 0 Å².